The number of phenols is 1. The molecule has 226 valence electrons. The molecule has 2 N–H and O–H groups in total. The van der Waals surface area contributed by atoms with E-state index in [0.29, 0.717) is 65.8 Å². The number of halogens is 2. The van der Waals surface area contributed by atoms with Gasteiger partial charge in [-0.1, -0.05) is 12.0 Å². The van der Waals surface area contributed by atoms with Crippen molar-refractivity contribution in [2.24, 2.45) is 0 Å². The number of nitrogens with one attached hydrogen (secondary N) is 1. The third-order valence-electron chi connectivity index (χ3n) is 9.72. The number of phenolic OH excluding ortho intramolecular Hbond substituents is 1. The van der Waals surface area contributed by atoms with Gasteiger partial charge >= 0.3 is 11.7 Å². The molecule has 4 aliphatic heterocycles. The fourth-order valence-corrected chi connectivity index (χ4v) is 7.77. The predicted molar refractivity (Wildman–Crippen MR) is 161 cm³/mol. The smallest absolute Gasteiger partial charge is 0.352 e. The van der Waals surface area contributed by atoms with Crippen LogP contribution < -0.4 is 20.6 Å². The number of rotatable bonds is 5. The molecule has 0 saturated carbocycles. The largest absolute Gasteiger partial charge is 0.508 e. The minimum absolute atomic E-state index is 0.0312. The molecule has 2 unspecified atom stereocenters. The topological polar surface area (TPSA) is 109 Å². The summed E-state index contributed by atoms with van der Waals surface area (Å²) in [5, 5.41) is 14.9. The fourth-order valence-electron chi connectivity index (χ4n) is 7.77. The number of nitrogens with zero attached hydrogens (tertiary/aromatic N) is 6. The first-order valence-electron chi connectivity index (χ1n) is 15.1. The summed E-state index contributed by atoms with van der Waals surface area (Å²) in [5.41, 5.74) is -0.251. The lowest BCUT2D eigenvalue weighted by molar-refractivity contribution is 0.107. The van der Waals surface area contributed by atoms with Crippen molar-refractivity contribution in [2.45, 2.75) is 55.9 Å². The van der Waals surface area contributed by atoms with Crippen LogP contribution in [0.4, 0.5) is 14.6 Å². The zero-order valence-electron chi connectivity index (χ0n) is 24.0. The average molecular weight is 600 g/mol. The lowest BCUT2D eigenvalue weighted by atomic mass is 9.95. The average Bonchev–Trinajstić information content (AvgIpc) is 3.65. The number of hydrogen-bond donors (Lipinski definition) is 2. The monoisotopic (exact) mass is 599 g/mol. The van der Waals surface area contributed by atoms with Crippen molar-refractivity contribution in [2.75, 3.05) is 37.7 Å². The molecule has 2 aromatic heterocycles. The normalized spacial score (nSPS) is 26.4. The van der Waals surface area contributed by atoms with Crippen LogP contribution in [0.5, 0.6) is 11.8 Å². The summed E-state index contributed by atoms with van der Waals surface area (Å²) >= 11 is 0. The zero-order chi connectivity index (χ0) is 30.2. The highest BCUT2D eigenvalue weighted by atomic mass is 19.1. The molecule has 2 aromatic carbocycles. The molecule has 6 heterocycles. The van der Waals surface area contributed by atoms with Gasteiger partial charge in [0.1, 0.15) is 35.4 Å². The van der Waals surface area contributed by atoms with Crippen LogP contribution in [-0.2, 0) is 0 Å². The van der Waals surface area contributed by atoms with Crippen LogP contribution in [0.25, 0.3) is 27.5 Å². The van der Waals surface area contributed by atoms with Crippen molar-refractivity contribution < 1.29 is 18.6 Å². The molecule has 10 nitrogen and oxygen atoms in total. The molecule has 4 aromatic rings. The Labute approximate surface area is 251 Å². The van der Waals surface area contributed by atoms with Gasteiger partial charge in [0.05, 0.1) is 16.8 Å². The number of aromatic nitrogens is 4. The van der Waals surface area contributed by atoms with Gasteiger partial charge in [-0.25, -0.2) is 13.6 Å². The summed E-state index contributed by atoms with van der Waals surface area (Å²) < 4.78 is 36.7. The highest BCUT2D eigenvalue weighted by Crippen LogP contribution is 2.40. The van der Waals surface area contributed by atoms with Gasteiger partial charge in [-0.15, -0.1) is 6.42 Å². The number of anilines is 1. The van der Waals surface area contributed by atoms with Crippen LogP contribution in [0.3, 0.4) is 0 Å². The van der Waals surface area contributed by atoms with Crippen LogP contribution in [0.1, 0.15) is 37.7 Å². The summed E-state index contributed by atoms with van der Waals surface area (Å²) in [5.74, 6) is 2.14. The molecule has 8 rings (SSSR count). The molecule has 0 aliphatic carbocycles. The van der Waals surface area contributed by atoms with E-state index in [1.807, 2.05) is 0 Å². The highest BCUT2D eigenvalue weighted by Gasteiger charge is 2.49. The van der Waals surface area contributed by atoms with Gasteiger partial charge in [-0.2, -0.15) is 15.0 Å². The Bertz CT molecular complexity index is 1910. The van der Waals surface area contributed by atoms with Crippen LogP contribution in [0.2, 0.25) is 0 Å². The predicted octanol–water partition coefficient (Wildman–Crippen LogP) is 3.05. The van der Waals surface area contributed by atoms with E-state index < -0.39 is 17.7 Å². The second-order valence-corrected chi connectivity index (χ2v) is 12.5. The van der Waals surface area contributed by atoms with E-state index in [1.165, 1.54) is 35.0 Å². The van der Waals surface area contributed by atoms with E-state index in [4.69, 9.17) is 16.1 Å². The quantitative estimate of drug-likeness (QED) is 0.335. The lowest BCUT2D eigenvalue weighted by Crippen LogP contribution is -2.51. The van der Waals surface area contributed by atoms with Gasteiger partial charge in [0, 0.05) is 55.8 Å². The maximum Gasteiger partial charge on any atom is 0.352 e. The second kappa shape index (κ2) is 10.1. The molecule has 4 atom stereocenters. The summed E-state index contributed by atoms with van der Waals surface area (Å²) in [6.45, 7) is 2.88. The molecular weight excluding hydrogens is 568 g/mol. The number of piperazine rings is 1. The van der Waals surface area contributed by atoms with E-state index in [0.717, 1.165) is 32.2 Å². The fraction of sp³-hybridized carbons (Fsp3) is 0.438. The van der Waals surface area contributed by atoms with E-state index in [1.54, 1.807) is 0 Å². The van der Waals surface area contributed by atoms with Gasteiger partial charge < -0.3 is 20.1 Å². The van der Waals surface area contributed by atoms with E-state index >= 15 is 0 Å². The van der Waals surface area contributed by atoms with Crippen molar-refractivity contribution >= 4 is 27.6 Å². The summed E-state index contributed by atoms with van der Waals surface area (Å²) in [6, 6.07) is 6.25. The van der Waals surface area contributed by atoms with Crippen molar-refractivity contribution in [1.29, 1.82) is 0 Å². The van der Waals surface area contributed by atoms with E-state index in [2.05, 4.69) is 31.0 Å². The first-order chi connectivity index (χ1) is 21.3. The number of benzene rings is 2. The molecule has 12 heteroatoms. The summed E-state index contributed by atoms with van der Waals surface area (Å²) in [6.07, 6.45) is 10.6. The number of fused-ring (bicyclic) bond motifs is 5. The minimum atomic E-state index is -0.892. The zero-order valence-corrected chi connectivity index (χ0v) is 24.0. The lowest BCUT2D eigenvalue weighted by Gasteiger charge is -2.34. The molecule has 2 bridgehead atoms. The molecule has 4 saturated heterocycles. The third-order valence-corrected chi connectivity index (χ3v) is 9.72. The molecular formula is C32H31F2N7O3. The van der Waals surface area contributed by atoms with Crippen molar-refractivity contribution in [3.63, 3.8) is 0 Å². The Morgan fingerprint density at radius 1 is 1.16 bits per heavy atom. The Hall–Kier alpha value is -4.34. The number of aromatic hydroxyl groups is 1. The van der Waals surface area contributed by atoms with Crippen molar-refractivity contribution in [3.05, 3.63) is 52.3 Å². The van der Waals surface area contributed by atoms with Crippen LogP contribution in [0.15, 0.2) is 35.3 Å². The number of alkyl halides is 1. The van der Waals surface area contributed by atoms with E-state index in [-0.39, 0.29) is 35.2 Å². The molecule has 0 radical (unpaired) electrons. The molecule has 0 spiro atoms. The molecule has 44 heavy (non-hydrogen) atoms. The van der Waals surface area contributed by atoms with Crippen molar-refractivity contribution in [3.8, 4) is 29.8 Å². The molecule has 4 aliphatic rings. The van der Waals surface area contributed by atoms with Crippen LogP contribution in [-0.4, -0.2) is 86.1 Å². The molecule has 4 fully saturated rings. The third kappa shape index (κ3) is 4.37. The number of terminal acetylenes is 1. The van der Waals surface area contributed by atoms with Gasteiger partial charge in [0.2, 0.25) is 0 Å². The van der Waals surface area contributed by atoms with Crippen LogP contribution >= 0.6 is 0 Å². The van der Waals surface area contributed by atoms with Gasteiger partial charge in [-0.05, 0) is 49.7 Å². The summed E-state index contributed by atoms with van der Waals surface area (Å²) in [4.78, 5) is 31.8. The first kappa shape index (κ1) is 27.2. The molecule has 0 amide bonds. The van der Waals surface area contributed by atoms with Crippen LogP contribution in [0, 0.1) is 18.2 Å². The highest BCUT2D eigenvalue weighted by molar-refractivity contribution is 5.97. The Morgan fingerprint density at radius 2 is 1.98 bits per heavy atom. The number of ether oxygens (including phenoxy) is 1. The summed E-state index contributed by atoms with van der Waals surface area (Å²) in [7, 11) is 0. The standard InChI is InChI=1S/C32H31F2N7O3/c1-2-23-24(34)7-4-18-10-22(42)11-26(27(18)23)41-16-25-28(37-31(41)43)29(39-14-20-5-6-21(15-39)35-20)38-30(36-25)44-17-32-8-3-9-40(32)13-19(33)12-32/h1,4,7,10-11,16,19-21,35,42H,3,5-6,8-9,12-15,17H2/t19-,20?,21?,32+/m1/s1. The van der Waals surface area contributed by atoms with Gasteiger partial charge in [0.15, 0.2) is 5.82 Å². The Morgan fingerprint density at radius 3 is 2.77 bits per heavy atom. The maximum absolute atomic E-state index is 14.8. The van der Waals surface area contributed by atoms with E-state index in [9.17, 15) is 18.7 Å². The second-order valence-electron chi connectivity index (χ2n) is 12.5. The number of hydrogen-bond acceptors (Lipinski definition) is 9. The first-order valence-corrected chi connectivity index (χ1v) is 15.1. The Kier molecular flexibility index (Phi) is 6.25. The van der Waals surface area contributed by atoms with Crippen molar-refractivity contribution in [1.82, 2.24) is 29.7 Å². The minimum Gasteiger partial charge on any atom is -0.508 e. The Balaban J connectivity index is 1.28. The van der Waals surface area contributed by atoms with Gasteiger partial charge in [-0.3, -0.25) is 9.47 Å². The maximum atomic E-state index is 14.8. The van der Waals surface area contributed by atoms with Gasteiger partial charge in [0.25, 0.3) is 0 Å². The SMILES string of the molecule is C#Cc1c(F)ccc2cc(O)cc(-n3cc4nc(OC[C@@]56CCCN5C[C@H](F)C6)nc(N5CC6CCC(C5)N6)c4nc3=O)c12.